The fourth-order valence-corrected chi connectivity index (χ4v) is 5.30. The van der Waals surface area contributed by atoms with Gasteiger partial charge in [-0.05, 0) is 81.4 Å². The molecule has 1 N–H and O–H groups in total. The minimum Gasteiger partial charge on any atom is -0.488 e. The fraction of sp³-hybridized carbons (Fsp3) is 0.414. The zero-order chi connectivity index (χ0) is 26.5. The lowest BCUT2D eigenvalue weighted by molar-refractivity contribution is 0.0920. The van der Waals surface area contributed by atoms with Crippen molar-refractivity contribution in [3.05, 3.63) is 60.3 Å². The van der Waals surface area contributed by atoms with E-state index >= 15 is 0 Å². The summed E-state index contributed by atoms with van der Waals surface area (Å²) in [6.07, 6.45) is -0.00184. The molecule has 1 saturated heterocycles. The third-order valence-electron chi connectivity index (χ3n) is 6.41. The predicted octanol–water partition coefficient (Wildman–Crippen LogP) is 5.31. The second kappa shape index (κ2) is 12.3. The van der Waals surface area contributed by atoms with Crippen LogP contribution in [0.2, 0.25) is 0 Å². The molecule has 1 fully saturated rings. The van der Waals surface area contributed by atoms with E-state index in [1.807, 2.05) is 56.3 Å². The molecule has 3 heterocycles. The van der Waals surface area contributed by atoms with Gasteiger partial charge in [-0.3, -0.25) is 0 Å². The first-order chi connectivity index (χ1) is 18.4. The highest BCUT2D eigenvalue weighted by atomic mass is 32.2. The van der Waals surface area contributed by atoms with Crippen LogP contribution in [0.15, 0.2) is 64.5 Å². The van der Waals surface area contributed by atoms with E-state index in [2.05, 4.69) is 38.4 Å². The lowest BCUT2D eigenvalue weighted by Crippen LogP contribution is -2.40. The predicted molar refractivity (Wildman–Crippen MR) is 152 cm³/mol. The van der Waals surface area contributed by atoms with Gasteiger partial charge in [0.1, 0.15) is 35.2 Å². The van der Waals surface area contributed by atoms with Crippen LogP contribution < -0.4 is 9.47 Å². The van der Waals surface area contributed by atoms with Gasteiger partial charge in [-0.15, -0.1) is 0 Å². The molecule has 0 amide bonds. The molecular weight excluding hydrogens is 500 g/mol. The quantitative estimate of drug-likeness (QED) is 0.352. The van der Waals surface area contributed by atoms with Crippen molar-refractivity contribution in [1.29, 1.82) is 0 Å². The Morgan fingerprint density at radius 1 is 1.00 bits per heavy atom. The molecule has 38 heavy (non-hydrogen) atoms. The smallest absolute Gasteiger partial charge is 0.233 e. The van der Waals surface area contributed by atoms with Crippen molar-refractivity contribution in [2.45, 2.75) is 31.0 Å². The Labute approximate surface area is 229 Å². The van der Waals surface area contributed by atoms with Gasteiger partial charge in [0, 0.05) is 55.5 Å². The average Bonchev–Trinajstić information content (AvgIpc) is 3.56. The second-order valence-electron chi connectivity index (χ2n) is 9.83. The van der Waals surface area contributed by atoms with Crippen LogP contribution in [0.25, 0.3) is 11.3 Å². The molecule has 2 aliphatic heterocycles. The monoisotopic (exact) mass is 536 g/mol. The van der Waals surface area contributed by atoms with Crippen molar-refractivity contribution in [1.82, 2.24) is 14.2 Å². The maximum absolute atomic E-state index is 6.30. The number of methoxy groups -OCH3 is 1. The van der Waals surface area contributed by atoms with Crippen molar-refractivity contribution in [3.8, 4) is 28.5 Å². The Bertz CT molecular complexity index is 1240. The number of ether oxygens (including phenoxy) is 4. The van der Waals surface area contributed by atoms with Crippen molar-refractivity contribution < 1.29 is 18.9 Å². The van der Waals surface area contributed by atoms with Crippen LogP contribution >= 0.6 is 11.9 Å². The first-order valence-electron chi connectivity index (χ1n) is 13.1. The standard InChI is InChI=1S/C29H36N4O4S/c1-20-18-30-29(36-20)28-10-9-27(31-28)22-15-24(35-21(2)19-34-4)17-25(16-22)37-23-5-7-26(8-6-23)38-33-13-11-32(3)12-14-33/h5-10,15-17,20-21,31H,11-14,18-19H2,1-4H3/t20-,21-/m0/s1. The lowest BCUT2D eigenvalue weighted by atomic mass is 10.1. The molecule has 8 nitrogen and oxygen atoms in total. The highest BCUT2D eigenvalue weighted by Gasteiger charge is 2.19. The van der Waals surface area contributed by atoms with Crippen LogP contribution in [0.5, 0.6) is 17.2 Å². The number of aliphatic imine (C=N–C) groups is 1. The van der Waals surface area contributed by atoms with E-state index in [4.69, 9.17) is 18.9 Å². The highest BCUT2D eigenvalue weighted by molar-refractivity contribution is 7.97. The van der Waals surface area contributed by atoms with Crippen molar-refractivity contribution in [2.75, 3.05) is 53.5 Å². The van der Waals surface area contributed by atoms with Gasteiger partial charge in [-0.2, -0.15) is 0 Å². The van der Waals surface area contributed by atoms with Crippen molar-refractivity contribution >= 4 is 17.8 Å². The zero-order valence-corrected chi connectivity index (χ0v) is 23.3. The van der Waals surface area contributed by atoms with Crippen LogP contribution in [-0.4, -0.2) is 85.8 Å². The number of likely N-dealkylation sites (N-methyl/N-ethyl adjacent to an activating group) is 1. The van der Waals surface area contributed by atoms with Gasteiger partial charge in [0.2, 0.25) is 5.90 Å². The normalized spacial score (nSPS) is 19.2. The summed E-state index contributed by atoms with van der Waals surface area (Å²) < 4.78 is 25.9. The van der Waals surface area contributed by atoms with Gasteiger partial charge < -0.3 is 28.8 Å². The van der Waals surface area contributed by atoms with Crippen LogP contribution in [0.1, 0.15) is 19.5 Å². The number of rotatable bonds is 10. The van der Waals surface area contributed by atoms with Gasteiger partial charge in [0.05, 0.1) is 13.2 Å². The molecular formula is C29H36N4O4S. The molecule has 9 heteroatoms. The van der Waals surface area contributed by atoms with Gasteiger partial charge in [0.15, 0.2) is 0 Å². The summed E-state index contributed by atoms with van der Waals surface area (Å²) >= 11 is 1.80. The number of aromatic nitrogens is 1. The number of H-pyrrole nitrogens is 1. The van der Waals surface area contributed by atoms with E-state index in [1.165, 1.54) is 4.90 Å². The summed E-state index contributed by atoms with van der Waals surface area (Å²) in [7, 11) is 3.84. The topological polar surface area (TPSA) is 71.6 Å². The van der Waals surface area contributed by atoms with Crippen molar-refractivity contribution in [3.63, 3.8) is 0 Å². The van der Waals surface area contributed by atoms with Gasteiger partial charge in [-0.1, -0.05) is 0 Å². The molecule has 5 rings (SSSR count). The minimum absolute atomic E-state index is 0.0992. The number of benzene rings is 2. The first kappa shape index (κ1) is 26.6. The van der Waals surface area contributed by atoms with E-state index in [0.29, 0.717) is 30.5 Å². The summed E-state index contributed by atoms with van der Waals surface area (Å²) in [6, 6.07) is 18.2. The van der Waals surface area contributed by atoms with Crippen LogP contribution in [0.3, 0.4) is 0 Å². The zero-order valence-electron chi connectivity index (χ0n) is 22.5. The molecule has 0 aliphatic carbocycles. The largest absolute Gasteiger partial charge is 0.488 e. The molecule has 0 unspecified atom stereocenters. The summed E-state index contributed by atoms with van der Waals surface area (Å²) in [5.74, 6) is 2.83. The Morgan fingerprint density at radius 3 is 2.45 bits per heavy atom. The Morgan fingerprint density at radius 2 is 1.74 bits per heavy atom. The van der Waals surface area contributed by atoms with E-state index in [0.717, 1.165) is 48.9 Å². The molecule has 0 saturated carbocycles. The van der Waals surface area contributed by atoms with Crippen LogP contribution in [0.4, 0.5) is 0 Å². The molecule has 2 aliphatic rings. The summed E-state index contributed by atoms with van der Waals surface area (Å²) in [5.41, 5.74) is 2.74. The fourth-order valence-electron chi connectivity index (χ4n) is 4.40. The molecule has 0 bridgehead atoms. The average molecular weight is 537 g/mol. The lowest BCUT2D eigenvalue weighted by Gasteiger charge is -2.31. The third kappa shape index (κ3) is 6.91. The molecule has 2 aromatic carbocycles. The number of aromatic amines is 1. The van der Waals surface area contributed by atoms with Crippen LogP contribution in [-0.2, 0) is 9.47 Å². The van der Waals surface area contributed by atoms with E-state index in [1.54, 1.807) is 19.1 Å². The van der Waals surface area contributed by atoms with E-state index in [-0.39, 0.29) is 12.2 Å². The SMILES string of the molecule is COC[C@H](C)Oc1cc(Oc2ccc(SN3CCN(C)CC3)cc2)cc(-c2ccc(C3=NC[C@H](C)O3)[nH]2)c1. The van der Waals surface area contributed by atoms with Gasteiger partial charge in [-0.25, -0.2) is 9.30 Å². The number of piperazine rings is 1. The Balaban J connectivity index is 1.33. The van der Waals surface area contributed by atoms with Crippen LogP contribution in [0, 0.1) is 0 Å². The second-order valence-corrected chi connectivity index (χ2v) is 11.0. The number of hydrogen-bond donors (Lipinski definition) is 1. The molecule has 0 spiro atoms. The maximum atomic E-state index is 6.30. The summed E-state index contributed by atoms with van der Waals surface area (Å²) in [6.45, 7) is 9.50. The van der Waals surface area contributed by atoms with Gasteiger partial charge in [0.25, 0.3) is 0 Å². The van der Waals surface area contributed by atoms with Crippen molar-refractivity contribution in [2.24, 2.45) is 4.99 Å². The van der Waals surface area contributed by atoms with Gasteiger partial charge >= 0.3 is 0 Å². The molecule has 3 aromatic rings. The first-order valence-corrected chi connectivity index (χ1v) is 13.8. The number of hydrogen-bond acceptors (Lipinski definition) is 8. The third-order valence-corrected chi connectivity index (χ3v) is 7.51. The molecule has 202 valence electrons. The molecule has 1 aromatic heterocycles. The Hall–Kier alpha value is -2.98. The molecule has 2 atom stereocenters. The summed E-state index contributed by atoms with van der Waals surface area (Å²) in [5, 5.41) is 0. The Kier molecular flexibility index (Phi) is 8.58. The number of nitrogens with zero attached hydrogens (tertiary/aromatic N) is 3. The minimum atomic E-state index is -0.101. The maximum Gasteiger partial charge on any atom is 0.233 e. The highest BCUT2D eigenvalue weighted by Crippen LogP contribution is 2.34. The van der Waals surface area contributed by atoms with E-state index in [9.17, 15) is 0 Å². The summed E-state index contributed by atoms with van der Waals surface area (Å²) in [4.78, 5) is 11.5. The van der Waals surface area contributed by atoms with E-state index < -0.39 is 0 Å². The number of nitrogens with one attached hydrogen (secondary N) is 1. The molecule has 0 radical (unpaired) electrons.